The van der Waals surface area contributed by atoms with Crippen LogP contribution in [-0.4, -0.2) is 11.4 Å². The normalized spacial score (nSPS) is 11.8. The van der Waals surface area contributed by atoms with Gasteiger partial charge in [-0.05, 0) is 24.3 Å². The predicted molar refractivity (Wildman–Crippen MR) is 55.2 cm³/mol. The third kappa shape index (κ3) is 2.29. The van der Waals surface area contributed by atoms with Gasteiger partial charge in [0.25, 0.3) is 0 Å². The van der Waals surface area contributed by atoms with Crippen LogP contribution in [0, 0.1) is 11.6 Å². The zero-order chi connectivity index (χ0) is 13.5. The molecular formula is C11H6F5NO. The van der Waals surface area contributed by atoms with Crippen molar-refractivity contribution in [3.8, 4) is 5.75 Å². The quantitative estimate of drug-likeness (QED) is 0.606. The second kappa shape index (κ2) is 4.01. The molecule has 2 aromatic carbocycles. The van der Waals surface area contributed by atoms with Gasteiger partial charge in [-0.3, -0.25) is 5.32 Å². The summed E-state index contributed by atoms with van der Waals surface area (Å²) in [5, 5.41) is 10.0. The number of fused-ring (bicyclic) bond motifs is 1. The van der Waals surface area contributed by atoms with E-state index in [1.807, 2.05) is 0 Å². The maximum atomic E-state index is 13.1. The molecule has 2 aromatic rings. The van der Waals surface area contributed by atoms with Gasteiger partial charge in [0.2, 0.25) is 0 Å². The molecule has 2 N–H and O–H groups in total. The van der Waals surface area contributed by atoms with Crippen LogP contribution in [0.2, 0.25) is 0 Å². The molecule has 2 nitrogen and oxygen atoms in total. The van der Waals surface area contributed by atoms with E-state index >= 15 is 0 Å². The van der Waals surface area contributed by atoms with Crippen LogP contribution in [0.15, 0.2) is 24.3 Å². The Labute approximate surface area is 97.6 Å². The Morgan fingerprint density at radius 3 is 2.28 bits per heavy atom. The molecule has 18 heavy (non-hydrogen) atoms. The third-order valence-electron chi connectivity index (χ3n) is 2.30. The lowest BCUT2D eigenvalue weighted by Gasteiger charge is -2.13. The zero-order valence-corrected chi connectivity index (χ0v) is 8.65. The predicted octanol–water partition coefficient (Wildman–Crippen LogP) is 3.76. The Balaban J connectivity index is 2.71. The third-order valence-corrected chi connectivity index (χ3v) is 2.30. The Kier molecular flexibility index (Phi) is 2.76. The van der Waals surface area contributed by atoms with Gasteiger partial charge in [0.05, 0.1) is 5.69 Å². The zero-order valence-electron chi connectivity index (χ0n) is 8.65. The molecule has 0 aliphatic heterocycles. The van der Waals surface area contributed by atoms with Crippen LogP contribution in [0.4, 0.5) is 27.6 Å². The number of phenols is 1. The SMILES string of the molecule is Oc1c(F)ccc2c(NC(F)(F)F)cc(F)cc12. The fourth-order valence-corrected chi connectivity index (χ4v) is 1.61. The minimum atomic E-state index is -4.76. The van der Waals surface area contributed by atoms with Crippen molar-refractivity contribution in [1.29, 1.82) is 0 Å². The first-order valence-corrected chi connectivity index (χ1v) is 4.73. The van der Waals surface area contributed by atoms with Crippen molar-refractivity contribution in [2.75, 3.05) is 5.32 Å². The van der Waals surface area contributed by atoms with Crippen LogP contribution in [0.1, 0.15) is 0 Å². The minimum absolute atomic E-state index is 0.132. The Hall–Kier alpha value is -2.05. The molecule has 0 amide bonds. The fourth-order valence-electron chi connectivity index (χ4n) is 1.61. The van der Waals surface area contributed by atoms with Gasteiger partial charge in [0, 0.05) is 10.8 Å². The van der Waals surface area contributed by atoms with Crippen molar-refractivity contribution in [1.82, 2.24) is 0 Å². The molecule has 0 saturated carbocycles. The number of anilines is 1. The fraction of sp³-hybridized carbons (Fsp3) is 0.0909. The topological polar surface area (TPSA) is 32.3 Å². The summed E-state index contributed by atoms with van der Waals surface area (Å²) in [6.07, 6.45) is -4.76. The first-order valence-electron chi connectivity index (χ1n) is 4.73. The van der Waals surface area contributed by atoms with Crippen LogP contribution in [0.25, 0.3) is 10.8 Å². The number of phenolic OH excluding ortho intramolecular Hbond substituents is 1. The molecule has 0 fully saturated rings. The summed E-state index contributed by atoms with van der Waals surface area (Å²) in [6.45, 7) is 0. The molecule has 0 aromatic heterocycles. The van der Waals surface area contributed by atoms with Crippen molar-refractivity contribution in [3.63, 3.8) is 0 Å². The highest BCUT2D eigenvalue weighted by Crippen LogP contribution is 2.35. The van der Waals surface area contributed by atoms with Gasteiger partial charge in [-0.1, -0.05) is 0 Å². The first-order chi connectivity index (χ1) is 8.28. The van der Waals surface area contributed by atoms with Crippen molar-refractivity contribution in [2.24, 2.45) is 0 Å². The second-order valence-electron chi connectivity index (χ2n) is 3.57. The number of alkyl halides is 3. The van der Waals surface area contributed by atoms with Gasteiger partial charge >= 0.3 is 6.30 Å². The highest BCUT2D eigenvalue weighted by atomic mass is 19.4. The molecule has 0 radical (unpaired) electrons. The van der Waals surface area contributed by atoms with E-state index in [0.29, 0.717) is 6.07 Å². The van der Waals surface area contributed by atoms with E-state index in [1.165, 1.54) is 0 Å². The summed E-state index contributed by atoms with van der Waals surface area (Å²) in [7, 11) is 0. The standard InChI is InChI=1S/C11H6F5NO/c12-5-3-7-6(1-2-8(13)10(7)18)9(4-5)17-11(14,15)16/h1-4,17-18H. The number of hydrogen-bond acceptors (Lipinski definition) is 2. The molecule has 96 valence electrons. The lowest BCUT2D eigenvalue weighted by Crippen LogP contribution is -2.20. The average Bonchev–Trinajstić information content (AvgIpc) is 2.21. The van der Waals surface area contributed by atoms with E-state index < -0.39 is 29.4 Å². The minimum Gasteiger partial charge on any atom is -0.504 e. The Morgan fingerprint density at radius 1 is 1.00 bits per heavy atom. The molecule has 0 aliphatic carbocycles. The second-order valence-corrected chi connectivity index (χ2v) is 3.57. The number of hydrogen-bond donors (Lipinski definition) is 2. The molecule has 0 bridgehead atoms. The van der Waals surface area contributed by atoms with E-state index in [0.717, 1.165) is 23.5 Å². The molecule has 7 heteroatoms. The van der Waals surface area contributed by atoms with Crippen LogP contribution in [-0.2, 0) is 0 Å². The number of aromatic hydroxyl groups is 1. The van der Waals surface area contributed by atoms with E-state index in [2.05, 4.69) is 0 Å². The number of benzene rings is 2. The number of nitrogens with one attached hydrogen (secondary N) is 1. The van der Waals surface area contributed by atoms with Crippen molar-refractivity contribution < 1.29 is 27.1 Å². The van der Waals surface area contributed by atoms with Gasteiger partial charge in [-0.25, -0.2) is 8.78 Å². The Morgan fingerprint density at radius 2 is 1.67 bits per heavy atom. The summed E-state index contributed by atoms with van der Waals surface area (Å²) >= 11 is 0. The van der Waals surface area contributed by atoms with Crippen LogP contribution in [0.3, 0.4) is 0 Å². The molecule has 0 spiro atoms. The lowest BCUT2D eigenvalue weighted by molar-refractivity contribution is -0.0998. The monoisotopic (exact) mass is 263 g/mol. The Bertz CT molecular complexity index is 608. The largest absolute Gasteiger partial charge is 0.504 e. The van der Waals surface area contributed by atoms with E-state index in [4.69, 9.17) is 0 Å². The molecular weight excluding hydrogens is 257 g/mol. The first kappa shape index (κ1) is 12.4. The molecule has 2 rings (SSSR count). The van der Waals surface area contributed by atoms with E-state index in [-0.39, 0.29) is 10.8 Å². The van der Waals surface area contributed by atoms with Gasteiger partial charge in [0.1, 0.15) is 5.82 Å². The summed E-state index contributed by atoms with van der Waals surface area (Å²) in [6, 6.07) is 3.21. The van der Waals surface area contributed by atoms with Crippen molar-refractivity contribution in [2.45, 2.75) is 6.30 Å². The summed E-state index contributed by atoms with van der Waals surface area (Å²) in [5.41, 5.74) is -0.590. The van der Waals surface area contributed by atoms with Gasteiger partial charge in [-0.15, -0.1) is 0 Å². The van der Waals surface area contributed by atoms with E-state index in [9.17, 15) is 27.1 Å². The maximum Gasteiger partial charge on any atom is 0.482 e. The van der Waals surface area contributed by atoms with Crippen LogP contribution < -0.4 is 5.32 Å². The van der Waals surface area contributed by atoms with Crippen molar-refractivity contribution >= 4 is 16.5 Å². The molecule has 0 aliphatic rings. The van der Waals surface area contributed by atoms with E-state index in [1.54, 1.807) is 0 Å². The number of halogens is 5. The van der Waals surface area contributed by atoms with Gasteiger partial charge in [-0.2, -0.15) is 13.2 Å². The van der Waals surface area contributed by atoms with Crippen LogP contribution >= 0.6 is 0 Å². The highest BCUT2D eigenvalue weighted by Gasteiger charge is 2.28. The number of rotatable bonds is 1. The van der Waals surface area contributed by atoms with Crippen LogP contribution in [0.5, 0.6) is 5.75 Å². The molecule has 0 heterocycles. The highest BCUT2D eigenvalue weighted by molar-refractivity contribution is 5.97. The average molecular weight is 263 g/mol. The summed E-state index contributed by atoms with van der Waals surface area (Å²) in [5.74, 6) is -2.95. The van der Waals surface area contributed by atoms with Gasteiger partial charge < -0.3 is 5.11 Å². The molecule has 0 unspecified atom stereocenters. The maximum absolute atomic E-state index is 13.1. The smallest absolute Gasteiger partial charge is 0.482 e. The lowest BCUT2D eigenvalue weighted by atomic mass is 10.1. The molecule has 0 atom stereocenters. The summed E-state index contributed by atoms with van der Waals surface area (Å²) < 4.78 is 62.8. The van der Waals surface area contributed by atoms with Gasteiger partial charge in [0.15, 0.2) is 11.6 Å². The van der Waals surface area contributed by atoms with Crippen molar-refractivity contribution in [3.05, 3.63) is 35.9 Å². The molecule has 0 saturated heterocycles. The summed E-state index contributed by atoms with van der Waals surface area (Å²) in [4.78, 5) is 0.